The van der Waals surface area contributed by atoms with Crippen LogP contribution in [0.2, 0.25) is 0 Å². The Kier molecular flexibility index (Phi) is 6.26. The zero-order valence-corrected chi connectivity index (χ0v) is 16.3. The van der Waals surface area contributed by atoms with E-state index in [1.54, 1.807) is 12.1 Å². The predicted octanol–water partition coefficient (Wildman–Crippen LogP) is 3.42. The highest BCUT2D eigenvalue weighted by Crippen LogP contribution is 2.32. The molecule has 0 aliphatic heterocycles. The van der Waals surface area contributed by atoms with E-state index < -0.39 is 16.0 Å². The zero-order valence-electron chi connectivity index (χ0n) is 15.5. The van der Waals surface area contributed by atoms with Crippen molar-refractivity contribution in [2.75, 3.05) is 6.61 Å². The summed E-state index contributed by atoms with van der Waals surface area (Å²) in [6.07, 6.45) is 6.17. The lowest BCUT2D eigenvalue weighted by Gasteiger charge is -2.22. The summed E-state index contributed by atoms with van der Waals surface area (Å²) in [4.78, 5) is 24.2. The standard InChI is InChI=1S/C21H23NO5S/c22-28(25,26)19-12-10-18(11-13-19)21(24)27-14-20(23)17-8-6-16(7-9-17)15-4-2-1-3-5-15/h6-13,15H,1-5,14H2,(H2,22,25,26). The van der Waals surface area contributed by atoms with Crippen LogP contribution in [0.4, 0.5) is 0 Å². The van der Waals surface area contributed by atoms with E-state index in [0.717, 1.165) is 0 Å². The number of rotatable bonds is 6. The Labute approximate surface area is 164 Å². The van der Waals surface area contributed by atoms with E-state index in [9.17, 15) is 18.0 Å². The van der Waals surface area contributed by atoms with Gasteiger partial charge in [0.1, 0.15) is 0 Å². The highest BCUT2D eigenvalue weighted by atomic mass is 32.2. The molecule has 0 amide bonds. The topological polar surface area (TPSA) is 104 Å². The van der Waals surface area contributed by atoms with Crippen molar-refractivity contribution in [3.8, 4) is 0 Å². The fourth-order valence-corrected chi connectivity index (χ4v) is 3.97. The number of nitrogens with two attached hydrogens (primary N) is 1. The molecule has 0 saturated heterocycles. The second kappa shape index (κ2) is 8.67. The zero-order chi connectivity index (χ0) is 20.1. The van der Waals surface area contributed by atoms with Gasteiger partial charge >= 0.3 is 5.97 Å². The van der Waals surface area contributed by atoms with E-state index >= 15 is 0 Å². The van der Waals surface area contributed by atoms with Gasteiger partial charge in [-0.3, -0.25) is 4.79 Å². The third-order valence-corrected chi connectivity index (χ3v) is 5.99. The normalized spacial score (nSPS) is 15.2. The second-order valence-corrected chi connectivity index (χ2v) is 8.59. The van der Waals surface area contributed by atoms with E-state index in [1.165, 1.54) is 61.9 Å². The Balaban J connectivity index is 1.56. The van der Waals surface area contributed by atoms with Gasteiger partial charge in [0.2, 0.25) is 10.0 Å². The van der Waals surface area contributed by atoms with Crippen molar-refractivity contribution in [3.63, 3.8) is 0 Å². The molecular weight excluding hydrogens is 378 g/mol. The number of benzene rings is 2. The van der Waals surface area contributed by atoms with Crippen molar-refractivity contribution in [2.24, 2.45) is 5.14 Å². The Morgan fingerprint density at radius 3 is 2.04 bits per heavy atom. The first kappa shape index (κ1) is 20.2. The number of hydrogen-bond acceptors (Lipinski definition) is 5. The maximum Gasteiger partial charge on any atom is 0.338 e. The van der Waals surface area contributed by atoms with Gasteiger partial charge in [-0.25, -0.2) is 18.4 Å². The predicted molar refractivity (Wildman–Crippen MR) is 105 cm³/mol. The van der Waals surface area contributed by atoms with Gasteiger partial charge in [-0.2, -0.15) is 0 Å². The first-order valence-corrected chi connectivity index (χ1v) is 10.8. The van der Waals surface area contributed by atoms with Crippen molar-refractivity contribution in [1.82, 2.24) is 0 Å². The summed E-state index contributed by atoms with van der Waals surface area (Å²) in [6, 6.07) is 12.6. The van der Waals surface area contributed by atoms with Crippen LogP contribution in [0.1, 0.15) is 64.3 Å². The van der Waals surface area contributed by atoms with Gasteiger partial charge < -0.3 is 4.74 Å². The van der Waals surface area contributed by atoms with Gasteiger partial charge in [0, 0.05) is 5.56 Å². The quantitative estimate of drug-likeness (QED) is 0.590. The average molecular weight is 401 g/mol. The summed E-state index contributed by atoms with van der Waals surface area (Å²) in [7, 11) is -3.83. The largest absolute Gasteiger partial charge is 0.454 e. The highest BCUT2D eigenvalue weighted by Gasteiger charge is 2.17. The number of hydrogen-bond donors (Lipinski definition) is 1. The van der Waals surface area contributed by atoms with E-state index in [4.69, 9.17) is 9.88 Å². The maximum absolute atomic E-state index is 12.3. The lowest BCUT2D eigenvalue weighted by molar-refractivity contribution is 0.0474. The molecule has 3 rings (SSSR count). The van der Waals surface area contributed by atoms with Gasteiger partial charge in [-0.05, 0) is 48.6 Å². The van der Waals surface area contributed by atoms with E-state index in [2.05, 4.69) is 0 Å². The fraction of sp³-hybridized carbons (Fsp3) is 0.333. The smallest absolute Gasteiger partial charge is 0.338 e. The Hall–Kier alpha value is -2.51. The number of primary sulfonamides is 1. The van der Waals surface area contributed by atoms with Crippen molar-refractivity contribution < 1.29 is 22.7 Å². The third-order valence-electron chi connectivity index (χ3n) is 5.06. The number of carbonyl (C=O) groups excluding carboxylic acids is 2. The van der Waals surface area contributed by atoms with Crippen LogP contribution in [-0.4, -0.2) is 26.8 Å². The molecule has 1 aliphatic carbocycles. The molecule has 2 N–H and O–H groups in total. The summed E-state index contributed by atoms with van der Waals surface area (Å²) < 4.78 is 27.5. The molecule has 0 radical (unpaired) electrons. The van der Waals surface area contributed by atoms with Crippen LogP contribution in [0.15, 0.2) is 53.4 Å². The summed E-state index contributed by atoms with van der Waals surface area (Å²) in [5.74, 6) is -0.422. The van der Waals surface area contributed by atoms with Crippen molar-refractivity contribution in [1.29, 1.82) is 0 Å². The van der Waals surface area contributed by atoms with Crippen LogP contribution in [0.3, 0.4) is 0 Å². The minimum atomic E-state index is -3.83. The number of esters is 1. The fourth-order valence-electron chi connectivity index (χ4n) is 3.46. The van der Waals surface area contributed by atoms with Gasteiger partial charge in [0.25, 0.3) is 0 Å². The van der Waals surface area contributed by atoms with Crippen LogP contribution in [-0.2, 0) is 14.8 Å². The minimum absolute atomic E-state index is 0.0989. The summed E-state index contributed by atoms with van der Waals surface area (Å²) >= 11 is 0. The lowest BCUT2D eigenvalue weighted by Crippen LogP contribution is -2.15. The first-order chi connectivity index (χ1) is 13.3. The van der Waals surface area contributed by atoms with Crippen LogP contribution in [0.25, 0.3) is 0 Å². The Morgan fingerprint density at radius 1 is 0.893 bits per heavy atom. The van der Waals surface area contributed by atoms with Crippen LogP contribution < -0.4 is 5.14 Å². The van der Waals surface area contributed by atoms with Gasteiger partial charge in [0.15, 0.2) is 12.4 Å². The van der Waals surface area contributed by atoms with Crippen molar-refractivity contribution in [2.45, 2.75) is 42.9 Å². The Bertz CT molecular complexity index is 943. The van der Waals surface area contributed by atoms with E-state index in [-0.39, 0.29) is 22.8 Å². The second-order valence-electron chi connectivity index (χ2n) is 7.03. The van der Waals surface area contributed by atoms with E-state index in [1.807, 2.05) is 12.1 Å². The number of Topliss-reactive ketones (excluding diaryl/α,β-unsaturated/α-hetero) is 1. The van der Waals surface area contributed by atoms with Gasteiger partial charge in [-0.1, -0.05) is 43.5 Å². The van der Waals surface area contributed by atoms with Gasteiger partial charge in [-0.15, -0.1) is 0 Å². The molecule has 1 fully saturated rings. The molecule has 2 aromatic carbocycles. The van der Waals surface area contributed by atoms with E-state index in [0.29, 0.717) is 11.5 Å². The number of carbonyl (C=O) groups is 2. The third kappa shape index (κ3) is 5.05. The van der Waals surface area contributed by atoms with Crippen LogP contribution in [0.5, 0.6) is 0 Å². The first-order valence-electron chi connectivity index (χ1n) is 9.28. The molecule has 28 heavy (non-hydrogen) atoms. The molecule has 1 aliphatic rings. The number of sulfonamides is 1. The summed E-state index contributed by atoms with van der Waals surface area (Å²) in [6.45, 7) is -0.376. The average Bonchev–Trinajstić information content (AvgIpc) is 2.72. The monoisotopic (exact) mass is 401 g/mol. The molecular formula is C21H23NO5S. The lowest BCUT2D eigenvalue weighted by atomic mass is 9.84. The SMILES string of the molecule is NS(=O)(=O)c1ccc(C(=O)OCC(=O)c2ccc(C3CCCCC3)cc2)cc1. The van der Waals surface area contributed by atoms with Gasteiger partial charge in [0.05, 0.1) is 10.5 Å². The summed E-state index contributed by atoms with van der Waals surface area (Å²) in [5.41, 5.74) is 1.90. The highest BCUT2D eigenvalue weighted by molar-refractivity contribution is 7.89. The minimum Gasteiger partial charge on any atom is -0.454 e. The molecule has 148 valence electrons. The maximum atomic E-state index is 12.3. The molecule has 7 heteroatoms. The van der Waals surface area contributed by atoms with Crippen LogP contribution >= 0.6 is 0 Å². The Morgan fingerprint density at radius 2 is 1.46 bits per heavy atom. The molecule has 0 unspecified atom stereocenters. The number of ether oxygens (including phenoxy) is 1. The molecule has 1 saturated carbocycles. The molecule has 0 bridgehead atoms. The molecule has 2 aromatic rings. The van der Waals surface area contributed by atoms with Crippen molar-refractivity contribution >= 4 is 21.8 Å². The molecule has 0 heterocycles. The van der Waals surface area contributed by atoms with Crippen molar-refractivity contribution in [3.05, 3.63) is 65.2 Å². The molecule has 0 aromatic heterocycles. The summed E-state index contributed by atoms with van der Waals surface area (Å²) in [5, 5.41) is 5.02. The molecule has 0 spiro atoms. The van der Waals surface area contributed by atoms with Crippen LogP contribution in [0, 0.1) is 0 Å². The molecule has 6 nitrogen and oxygen atoms in total. The number of ketones is 1. The molecule has 0 atom stereocenters.